The van der Waals surface area contributed by atoms with Crippen LogP contribution in [0.4, 0.5) is 4.79 Å². The maximum Gasteiger partial charge on any atom is 0.404 e. The van der Waals surface area contributed by atoms with Crippen molar-refractivity contribution in [2.24, 2.45) is 5.73 Å². The van der Waals surface area contributed by atoms with E-state index in [1.165, 1.54) is 0 Å². The van der Waals surface area contributed by atoms with Crippen molar-refractivity contribution in [2.75, 3.05) is 0 Å². The van der Waals surface area contributed by atoms with Crippen molar-refractivity contribution in [3.8, 4) is 11.4 Å². The van der Waals surface area contributed by atoms with Crippen molar-refractivity contribution in [2.45, 2.75) is 59.7 Å². The highest BCUT2D eigenvalue weighted by atomic mass is 79.9. The summed E-state index contributed by atoms with van der Waals surface area (Å²) in [6, 6.07) is 17.3. The van der Waals surface area contributed by atoms with E-state index in [0.29, 0.717) is 18.7 Å². The largest absolute Gasteiger partial charge is 0.460 e. The monoisotopic (exact) mass is 543 g/mol. The third kappa shape index (κ3) is 13.3. The standard InChI is InChI=1S/C17H19BrN2O2.C8H9NO2.C2H6/c1-17(2,3)22-15(21)9-6-12-4-7-13(8-5-12)16-19-10-14(18)11-20-16;9-8(10)11-6-7-4-2-1-3-5-7;1-2/h4-5,7-8,10-11H,6,9H2,1-3H3;1-5H,6H2,(H2,9,10);1-2H3. The Morgan fingerprint density at radius 1 is 0.914 bits per heavy atom. The Morgan fingerprint density at radius 2 is 1.49 bits per heavy atom. The van der Waals surface area contributed by atoms with E-state index in [4.69, 9.17) is 10.5 Å². The lowest BCUT2D eigenvalue weighted by molar-refractivity contribution is -0.154. The molecule has 0 aliphatic rings. The van der Waals surface area contributed by atoms with Gasteiger partial charge in [0.25, 0.3) is 0 Å². The molecule has 35 heavy (non-hydrogen) atoms. The molecule has 0 fully saturated rings. The van der Waals surface area contributed by atoms with Gasteiger partial charge in [0.05, 0.1) is 4.47 Å². The number of benzene rings is 2. The van der Waals surface area contributed by atoms with Crippen molar-refractivity contribution < 1.29 is 19.1 Å². The number of carbonyl (C=O) groups is 2. The molecule has 0 spiro atoms. The number of aryl methyl sites for hydroxylation is 1. The maximum absolute atomic E-state index is 11.7. The van der Waals surface area contributed by atoms with Crippen LogP contribution in [-0.4, -0.2) is 27.6 Å². The number of rotatable bonds is 6. The fraction of sp³-hybridized carbons (Fsp3) is 0.333. The average molecular weight is 544 g/mol. The van der Waals surface area contributed by atoms with E-state index < -0.39 is 11.7 Å². The summed E-state index contributed by atoms with van der Waals surface area (Å²) >= 11 is 3.32. The predicted octanol–water partition coefficient (Wildman–Crippen LogP) is 6.49. The summed E-state index contributed by atoms with van der Waals surface area (Å²) in [4.78, 5) is 30.4. The first-order chi connectivity index (χ1) is 16.6. The molecule has 188 valence electrons. The van der Waals surface area contributed by atoms with E-state index in [1.807, 2.05) is 89.2 Å². The Hall–Kier alpha value is -3.26. The molecule has 0 atom stereocenters. The molecule has 0 aliphatic heterocycles. The fourth-order valence-corrected chi connectivity index (χ4v) is 2.85. The van der Waals surface area contributed by atoms with Gasteiger partial charge < -0.3 is 15.2 Å². The number of aromatic nitrogens is 2. The second-order valence-corrected chi connectivity index (χ2v) is 9.02. The lowest BCUT2D eigenvalue weighted by Crippen LogP contribution is -2.23. The first-order valence-corrected chi connectivity index (χ1v) is 12.2. The van der Waals surface area contributed by atoms with Crippen molar-refractivity contribution in [1.29, 1.82) is 0 Å². The Labute approximate surface area is 216 Å². The van der Waals surface area contributed by atoms with E-state index in [-0.39, 0.29) is 12.6 Å². The molecule has 2 N–H and O–H groups in total. The van der Waals surface area contributed by atoms with Crippen molar-refractivity contribution in [3.63, 3.8) is 0 Å². The molecule has 0 saturated heterocycles. The van der Waals surface area contributed by atoms with Gasteiger partial charge in [-0.25, -0.2) is 14.8 Å². The second-order valence-electron chi connectivity index (χ2n) is 8.10. The molecule has 8 heteroatoms. The Bertz CT molecular complexity index is 1020. The number of carbonyl (C=O) groups excluding carboxylic acids is 2. The van der Waals surface area contributed by atoms with Crippen molar-refractivity contribution in [3.05, 3.63) is 82.6 Å². The number of amides is 1. The van der Waals surface area contributed by atoms with E-state index in [1.54, 1.807) is 12.4 Å². The van der Waals surface area contributed by atoms with E-state index in [9.17, 15) is 9.59 Å². The summed E-state index contributed by atoms with van der Waals surface area (Å²) in [6.45, 7) is 9.86. The zero-order valence-electron chi connectivity index (χ0n) is 21.0. The van der Waals surface area contributed by atoms with Crippen molar-refractivity contribution >= 4 is 28.0 Å². The molecule has 1 aromatic heterocycles. The number of ether oxygens (including phenoxy) is 2. The second kappa shape index (κ2) is 15.6. The molecule has 1 heterocycles. The van der Waals surface area contributed by atoms with Crippen LogP contribution < -0.4 is 5.73 Å². The molecular formula is C27H34BrN3O4. The van der Waals surface area contributed by atoms with E-state index in [0.717, 1.165) is 21.2 Å². The lowest BCUT2D eigenvalue weighted by Gasteiger charge is -2.19. The summed E-state index contributed by atoms with van der Waals surface area (Å²) in [5.74, 6) is 0.509. The number of nitrogens with two attached hydrogens (primary N) is 1. The normalized spacial score (nSPS) is 10.1. The lowest BCUT2D eigenvalue weighted by atomic mass is 10.1. The summed E-state index contributed by atoms with van der Waals surface area (Å²) in [7, 11) is 0. The van der Waals surface area contributed by atoms with Gasteiger partial charge in [0, 0.05) is 24.4 Å². The summed E-state index contributed by atoms with van der Waals surface area (Å²) in [5.41, 5.74) is 7.33. The quantitative estimate of drug-likeness (QED) is 0.356. The van der Waals surface area contributed by atoms with Crippen LogP contribution in [0.2, 0.25) is 0 Å². The van der Waals surface area contributed by atoms with E-state index in [2.05, 4.69) is 30.6 Å². The van der Waals surface area contributed by atoms with Crippen LogP contribution >= 0.6 is 15.9 Å². The third-order valence-electron chi connectivity index (χ3n) is 4.09. The van der Waals surface area contributed by atoms with Gasteiger partial charge >= 0.3 is 12.1 Å². The van der Waals surface area contributed by atoms with Crippen LogP contribution in [-0.2, 0) is 27.3 Å². The Morgan fingerprint density at radius 3 is 2.00 bits per heavy atom. The molecule has 1 amide bonds. The van der Waals surface area contributed by atoms with E-state index >= 15 is 0 Å². The Balaban J connectivity index is 0.000000395. The minimum Gasteiger partial charge on any atom is -0.460 e. The van der Waals surface area contributed by atoms with Crippen LogP contribution in [0.5, 0.6) is 0 Å². The first-order valence-electron chi connectivity index (χ1n) is 11.4. The van der Waals surface area contributed by atoms with Crippen LogP contribution in [0.25, 0.3) is 11.4 Å². The molecule has 0 aliphatic carbocycles. The highest BCUT2D eigenvalue weighted by molar-refractivity contribution is 9.10. The molecular weight excluding hydrogens is 510 g/mol. The highest BCUT2D eigenvalue weighted by Gasteiger charge is 2.15. The Kier molecular flexibility index (Phi) is 13.3. The van der Waals surface area contributed by atoms with Crippen molar-refractivity contribution in [1.82, 2.24) is 9.97 Å². The number of esters is 1. The minimum atomic E-state index is -0.742. The molecule has 7 nitrogen and oxygen atoms in total. The van der Waals surface area contributed by atoms with Gasteiger partial charge in [-0.2, -0.15) is 0 Å². The van der Waals surface area contributed by atoms with Gasteiger partial charge in [-0.15, -0.1) is 0 Å². The first kappa shape index (κ1) is 29.8. The summed E-state index contributed by atoms with van der Waals surface area (Å²) in [5, 5.41) is 0. The topological polar surface area (TPSA) is 104 Å². The van der Waals surface area contributed by atoms with Crippen LogP contribution in [0, 0.1) is 0 Å². The smallest absolute Gasteiger partial charge is 0.404 e. The molecule has 3 aromatic rings. The fourth-order valence-electron chi connectivity index (χ4n) is 2.65. The zero-order chi connectivity index (χ0) is 26.3. The number of hydrogen-bond acceptors (Lipinski definition) is 6. The summed E-state index contributed by atoms with van der Waals surface area (Å²) in [6.07, 6.45) is 3.74. The predicted molar refractivity (Wildman–Crippen MR) is 141 cm³/mol. The molecule has 3 rings (SSSR count). The number of primary amides is 1. The zero-order valence-corrected chi connectivity index (χ0v) is 22.5. The van der Waals surface area contributed by atoms with Gasteiger partial charge in [0.2, 0.25) is 0 Å². The van der Waals surface area contributed by atoms with Gasteiger partial charge in [0.1, 0.15) is 12.2 Å². The average Bonchev–Trinajstić information content (AvgIpc) is 2.84. The number of hydrogen-bond donors (Lipinski definition) is 1. The van der Waals surface area contributed by atoms with Gasteiger partial charge in [-0.3, -0.25) is 4.79 Å². The van der Waals surface area contributed by atoms with Gasteiger partial charge in [-0.05, 0) is 54.2 Å². The number of nitrogens with zero attached hydrogens (tertiary/aromatic N) is 2. The third-order valence-corrected chi connectivity index (χ3v) is 4.50. The van der Waals surface area contributed by atoms with Gasteiger partial charge in [-0.1, -0.05) is 68.4 Å². The highest BCUT2D eigenvalue weighted by Crippen LogP contribution is 2.18. The molecule has 0 unspecified atom stereocenters. The molecule has 0 radical (unpaired) electrons. The molecule has 0 bridgehead atoms. The minimum absolute atomic E-state index is 0.173. The molecule has 2 aromatic carbocycles. The summed E-state index contributed by atoms with van der Waals surface area (Å²) < 4.78 is 10.7. The van der Waals surface area contributed by atoms with Crippen LogP contribution in [0.15, 0.2) is 71.5 Å². The number of halogens is 1. The molecule has 0 saturated carbocycles. The maximum atomic E-state index is 11.7. The van der Waals surface area contributed by atoms with Gasteiger partial charge in [0.15, 0.2) is 5.82 Å². The van der Waals surface area contributed by atoms with Crippen LogP contribution in [0.1, 0.15) is 52.2 Å². The van der Waals surface area contributed by atoms with Crippen LogP contribution in [0.3, 0.4) is 0 Å². The SMILES string of the molecule is CC.CC(C)(C)OC(=O)CCc1ccc(-c2ncc(Br)cn2)cc1.NC(=O)OCc1ccccc1.